The number of carbonyl (C=O) groups excluding carboxylic acids is 2. The average molecular weight is 355 g/mol. The van der Waals surface area contributed by atoms with E-state index in [0.29, 0.717) is 17.0 Å². The van der Waals surface area contributed by atoms with Crippen molar-refractivity contribution >= 4 is 23.6 Å². The number of hydrogen-bond acceptors (Lipinski definition) is 5. The van der Waals surface area contributed by atoms with E-state index in [4.69, 9.17) is 9.47 Å². The highest BCUT2D eigenvalue weighted by molar-refractivity contribution is 5.95. The molecule has 6 nitrogen and oxygen atoms in total. The van der Waals surface area contributed by atoms with Crippen molar-refractivity contribution in [2.24, 2.45) is 0 Å². The first-order valence-corrected chi connectivity index (χ1v) is 8.13. The van der Waals surface area contributed by atoms with E-state index in [1.165, 1.54) is 25.3 Å². The fraction of sp³-hybridized carbons (Fsp3) is 0.200. The van der Waals surface area contributed by atoms with Gasteiger partial charge in [0, 0.05) is 11.8 Å². The molecule has 0 bridgehead atoms. The minimum Gasteiger partial charge on any atom is -0.504 e. The third kappa shape index (κ3) is 5.37. The monoisotopic (exact) mass is 355 g/mol. The van der Waals surface area contributed by atoms with E-state index in [1.54, 1.807) is 18.2 Å². The zero-order chi connectivity index (χ0) is 18.9. The zero-order valence-electron chi connectivity index (χ0n) is 14.7. The van der Waals surface area contributed by atoms with Crippen LogP contribution in [0.5, 0.6) is 11.5 Å². The summed E-state index contributed by atoms with van der Waals surface area (Å²) >= 11 is 0. The molecule has 0 aliphatic carbocycles. The Hall–Kier alpha value is -3.28. The summed E-state index contributed by atoms with van der Waals surface area (Å²) in [6, 6.07) is 12.1. The predicted octanol–water partition coefficient (Wildman–Crippen LogP) is 3.16. The normalized spacial score (nSPS) is 10.5. The quantitative estimate of drug-likeness (QED) is 0.589. The lowest BCUT2D eigenvalue weighted by atomic mass is 10.1. The molecule has 0 spiro atoms. The highest BCUT2D eigenvalue weighted by Crippen LogP contribution is 2.26. The first-order chi connectivity index (χ1) is 12.5. The van der Waals surface area contributed by atoms with Gasteiger partial charge in [-0.2, -0.15) is 0 Å². The SMILES string of the molecule is CCc1ccccc1NC(=O)COC(=O)/C=C/c1ccc(O)c(OC)c1. The van der Waals surface area contributed by atoms with Crippen molar-refractivity contribution in [2.75, 3.05) is 19.0 Å². The van der Waals surface area contributed by atoms with Crippen molar-refractivity contribution in [2.45, 2.75) is 13.3 Å². The molecule has 26 heavy (non-hydrogen) atoms. The number of methoxy groups -OCH3 is 1. The minimum absolute atomic E-state index is 0.0104. The number of ether oxygens (including phenoxy) is 2. The number of phenols is 1. The lowest BCUT2D eigenvalue weighted by Gasteiger charge is -2.09. The zero-order valence-corrected chi connectivity index (χ0v) is 14.7. The molecular formula is C20H21NO5. The van der Waals surface area contributed by atoms with Crippen LogP contribution in [0.3, 0.4) is 0 Å². The van der Waals surface area contributed by atoms with Crippen LogP contribution in [0.4, 0.5) is 5.69 Å². The second-order valence-electron chi connectivity index (χ2n) is 5.43. The number of nitrogens with one attached hydrogen (secondary N) is 1. The van der Waals surface area contributed by atoms with Crippen molar-refractivity contribution in [1.82, 2.24) is 0 Å². The summed E-state index contributed by atoms with van der Waals surface area (Å²) < 4.78 is 9.93. The Balaban J connectivity index is 1.87. The van der Waals surface area contributed by atoms with Crippen LogP contribution >= 0.6 is 0 Å². The fourth-order valence-electron chi connectivity index (χ4n) is 2.28. The molecular weight excluding hydrogens is 334 g/mol. The standard InChI is InChI=1S/C20H21NO5/c1-3-15-6-4-5-7-16(15)21-19(23)13-26-20(24)11-9-14-8-10-17(22)18(12-14)25-2/h4-12,22H,3,13H2,1-2H3,(H,21,23)/b11-9+. The van der Waals surface area contributed by atoms with Crippen LogP contribution < -0.4 is 10.1 Å². The number of esters is 1. The Bertz CT molecular complexity index is 814. The summed E-state index contributed by atoms with van der Waals surface area (Å²) in [7, 11) is 1.44. The van der Waals surface area contributed by atoms with Crippen LogP contribution in [0.25, 0.3) is 6.08 Å². The topological polar surface area (TPSA) is 84.9 Å². The molecule has 0 radical (unpaired) electrons. The largest absolute Gasteiger partial charge is 0.504 e. The van der Waals surface area contributed by atoms with E-state index in [1.807, 2.05) is 25.1 Å². The Morgan fingerprint density at radius 1 is 1.19 bits per heavy atom. The highest BCUT2D eigenvalue weighted by Gasteiger charge is 2.08. The van der Waals surface area contributed by atoms with Crippen LogP contribution in [-0.2, 0) is 20.7 Å². The molecule has 2 rings (SSSR count). The van der Waals surface area contributed by atoms with Gasteiger partial charge in [0.25, 0.3) is 5.91 Å². The molecule has 0 aliphatic heterocycles. The second kappa shape index (κ2) is 9.27. The molecule has 0 atom stereocenters. The lowest BCUT2D eigenvalue weighted by Crippen LogP contribution is -2.20. The van der Waals surface area contributed by atoms with E-state index < -0.39 is 11.9 Å². The predicted molar refractivity (Wildman–Crippen MR) is 99.1 cm³/mol. The van der Waals surface area contributed by atoms with Crippen molar-refractivity contribution in [3.05, 3.63) is 59.7 Å². The maximum Gasteiger partial charge on any atom is 0.331 e. The van der Waals surface area contributed by atoms with Gasteiger partial charge in [0.1, 0.15) is 0 Å². The van der Waals surface area contributed by atoms with Gasteiger partial charge < -0.3 is 19.9 Å². The molecule has 2 aromatic rings. The summed E-state index contributed by atoms with van der Waals surface area (Å²) in [5.74, 6) is -0.735. The van der Waals surface area contributed by atoms with Gasteiger partial charge in [-0.25, -0.2) is 4.79 Å². The number of anilines is 1. The third-order valence-electron chi connectivity index (χ3n) is 3.63. The fourth-order valence-corrected chi connectivity index (χ4v) is 2.28. The summed E-state index contributed by atoms with van der Waals surface area (Å²) in [6.45, 7) is 1.62. The molecule has 0 unspecified atom stereocenters. The molecule has 0 saturated carbocycles. The first-order valence-electron chi connectivity index (χ1n) is 8.13. The van der Waals surface area contributed by atoms with Crippen LogP contribution in [0.2, 0.25) is 0 Å². The minimum atomic E-state index is -0.643. The number of phenolic OH excluding ortho intramolecular Hbond substituents is 1. The number of aryl methyl sites for hydroxylation is 1. The van der Waals surface area contributed by atoms with Crippen LogP contribution in [0.1, 0.15) is 18.1 Å². The maximum absolute atomic E-state index is 11.9. The Labute approximate surface area is 152 Å². The smallest absolute Gasteiger partial charge is 0.331 e. The number of rotatable bonds is 7. The highest BCUT2D eigenvalue weighted by atomic mass is 16.5. The molecule has 2 aromatic carbocycles. The summed E-state index contributed by atoms with van der Waals surface area (Å²) in [5.41, 5.74) is 2.37. The molecule has 1 amide bonds. The summed E-state index contributed by atoms with van der Waals surface area (Å²) in [5, 5.41) is 12.3. The van der Waals surface area contributed by atoms with Crippen LogP contribution in [-0.4, -0.2) is 30.7 Å². The van der Waals surface area contributed by atoms with E-state index in [2.05, 4.69) is 5.32 Å². The Morgan fingerprint density at radius 3 is 2.69 bits per heavy atom. The van der Waals surface area contributed by atoms with Gasteiger partial charge in [0.05, 0.1) is 7.11 Å². The molecule has 6 heteroatoms. The molecule has 0 aromatic heterocycles. The van der Waals surface area contributed by atoms with Crippen molar-refractivity contribution < 1.29 is 24.2 Å². The van der Waals surface area contributed by atoms with Gasteiger partial charge in [-0.05, 0) is 41.8 Å². The molecule has 0 fully saturated rings. The van der Waals surface area contributed by atoms with Crippen molar-refractivity contribution in [3.8, 4) is 11.5 Å². The van der Waals surface area contributed by atoms with Gasteiger partial charge in [-0.3, -0.25) is 4.79 Å². The number of para-hydroxylation sites is 1. The Kier molecular flexibility index (Phi) is 6.79. The number of hydrogen-bond donors (Lipinski definition) is 2. The van der Waals surface area contributed by atoms with Gasteiger partial charge >= 0.3 is 5.97 Å². The van der Waals surface area contributed by atoms with Crippen molar-refractivity contribution in [3.63, 3.8) is 0 Å². The number of benzene rings is 2. The van der Waals surface area contributed by atoms with E-state index in [0.717, 1.165) is 12.0 Å². The van der Waals surface area contributed by atoms with Gasteiger partial charge in [-0.1, -0.05) is 31.2 Å². The lowest BCUT2D eigenvalue weighted by molar-refractivity contribution is -0.142. The number of aromatic hydroxyl groups is 1. The molecule has 136 valence electrons. The molecule has 0 aliphatic rings. The Morgan fingerprint density at radius 2 is 1.96 bits per heavy atom. The number of amides is 1. The number of carbonyl (C=O) groups is 2. The molecule has 2 N–H and O–H groups in total. The summed E-state index contributed by atoms with van der Waals surface area (Å²) in [6.07, 6.45) is 3.50. The van der Waals surface area contributed by atoms with Crippen molar-refractivity contribution in [1.29, 1.82) is 0 Å². The maximum atomic E-state index is 11.9. The molecule has 0 saturated heterocycles. The first kappa shape index (κ1) is 19.1. The van der Waals surface area contributed by atoms with Gasteiger partial charge in [-0.15, -0.1) is 0 Å². The second-order valence-corrected chi connectivity index (χ2v) is 5.43. The van der Waals surface area contributed by atoms with Gasteiger partial charge in [0.15, 0.2) is 18.1 Å². The van der Waals surface area contributed by atoms with E-state index in [9.17, 15) is 14.7 Å². The van der Waals surface area contributed by atoms with Gasteiger partial charge in [0.2, 0.25) is 0 Å². The summed E-state index contributed by atoms with van der Waals surface area (Å²) in [4.78, 5) is 23.7. The van der Waals surface area contributed by atoms with E-state index >= 15 is 0 Å². The average Bonchev–Trinajstić information content (AvgIpc) is 2.66. The van der Waals surface area contributed by atoms with Crippen LogP contribution in [0, 0.1) is 0 Å². The van der Waals surface area contributed by atoms with Crippen LogP contribution in [0.15, 0.2) is 48.5 Å². The third-order valence-corrected chi connectivity index (χ3v) is 3.63. The van der Waals surface area contributed by atoms with E-state index in [-0.39, 0.29) is 12.4 Å². The molecule has 0 heterocycles.